The van der Waals surface area contributed by atoms with Crippen LogP contribution in [0, 0.1) is 5.92 Å². The minimum atomic E-state index is 0.171. The van der Waals surface area contributed by atoms with Gasteiger partial charge in [0.25, 0.3) is 0 Å². The average molecular weight is 277 g/mol. The summed E-state index contributed by atoms with van der Waals surface area (Å²) in [5, 5.41) is 13.1. The summed E-state index contributed by atoms with van der Waals surface area (Å²) < 4.78 is 5.56. The van der Waals surface area contributed by atoms with Crippen molar-refractivity contribution in [3.05, 3.63) is 29.3 Å². The molecular weight excluding hydrogens is 250 g/mol. The Morgan fingerprint density at radius 1 is 1.35 bits per heavy atom. The number of ether oxygens (including phenoxy) is 1. The SMILES string of the molecule is CCC(NC(CO)CC(C)C)c1ccc2c(c1)CCO2. The molecule has 3 heteroatoms. The molecular formula is C17H27NO2. The van der Waals surface area contributed by atoms with E-state index in [9.17, 15) is 5.11 Å². The Morgan fingerprint density at radius 2 is 2.15 bits per heavy atom. The molecule has 0 aliphatic carbocycles. The van der Waals surface area contributed by atoms with E-state index < -0.39 is 0 Å². The van der Waals surface area contributed by atoms with Gasteiger partial charge in [0.15, 0.2) is 0 Å². The van der Waals surface area contributed by atoms with Crippen molar-refractivity contribution in [1.29, 1.82) is 0 Å². The first kappa shape index (κ1) is 15.3. The number of aliphatic hydroxyl groups excluding tert-OH is 1. The van der Waals surface area contributed by atoms with Crippen LogP contribution >= 0.6 is 0 Å². The third-order valence-corrected chi connectivity index (χ3v) is 3.94. The van der Waals surface area contributed by atoms with E-state index in [1.165, 1.54) is 11.1 Å². The van der Waals surface area contributed by atoms with Gasteiger partial charge in [0.1, 0.15) is 5.75 Å². The van der Waals surface area contributed by atoms with Gasteiger partial charge in [-0.3, -0.25) is 0 Å². The maximum Gasteiger partial charge on any atom is 0.122 e. The number of rotatable bonds is 7. The molecule has 0 bridgehead atoms. The summed E-state index contributed by atoms with van der Waals surface area (Å²) in [6.07, 6.45) is 3.03. The maximum atomic E-state index is 9.54. The highest BCUT2D eigenvalue weighted by Gasteiger charge is 2.19. The molecule has 1 aromatic rings. The van der Waals surface area contributed by atoms with Crippen molar-refractivity contribution in [2.45, 2.75) is 52.1 Å². The van der Waals surface area contributed by atoms with Gasteiger partial charge in [-0.2, -0.15) is 0 Å². The Bertz CT molecular complexity index is 431. The van der Waals surface area contributed by atoms with Crippen molar-refractivity contribution in [2.24, 2.45) is 5.92 Å². The van der Waals surface area contributed by atoms with Gasteiger partial charge in [0.05, 0.1) is 13.2 Å². The molecule has 0 amide bonds. The molecule has 2 atom stereocenters. The Balaban J connectivity index is 2.07. The highest BCUT2D eigenvalue weighted by atomic mass is 16.5. The van der Waals surface area contributed by atoms with Gasteiger partial charge < -0.3 is 15.2 Å². The van der Waals surface area contributed by atoms with Crippen molar-refractivity contribution < 1.29 is 9.84 Å². The quantitative estimate of drug-likeness (QED) is 0.805. The third kappa shape index (κ3) is 3.74. The Morgan fingerprint density at radius 3 is 2.80 bits per heavy atom. The van der Waals surface area contributed by atoms with E-state index in [4.69, 9.17) is 4.74 Å². The van der Waals surface area contributed by atoms with Crippen LogP contribution in [-0.4, -0.2) is 24.4 Å². The van der Waals surface area contributed by atoms with E-state index in [0.717, 1.165) is 31.6 Å². The molecule has 0 radical (unpaired) electrons. The van der Waals surface area contributed by atoms with Gasteiger partial charge in [0, 0.05) is 18.5 Å². The van der Waals surface area contributed by atoms with Crippen molar-refractivity contribution in [1.82, 2.24) is 5.32 Å². The van der Waals surface area contributed by atoms with Crippen LogP contribution in [0.15, 0.2) is 18.2 Å². The van der Waals surface area contributed by atoms with E-state index in [2.05, 4.69) is 44.3 Å². The lowest BCUT2D eigenvalue weighted by Crippen LogP contribution is -2.36. The summed E-state index contributed by atoms with van der Waals surface area (Å²) in [5.41, 5.74) is 2.62. The lowest BCUT2D eigenvalue weighted by atomic mass is 9.98. The zero-order valence-electron chi connectivity index (χ0n) is 12.9. The normalized spacial score (nSPS) is 16.9. The first-order valence-corrected chi connectivity index (χ1v) is 7.76. The van der Waals surface area contributed by atoms with Gasteiger partial charge in [0.2, 0.25) is 0 Å². The summed E-state index contributed by atoms with van der Waals surface area (Å²) in [6, 6.07) is 6.96. The lowest BCUT2D eigenvalue weighted by Gasteiger charge is -2.25. The van der Waals surface area contributed by atoms with Gasteiger partial charge >= 0.3 is 0 Å². The second-order valence-electron chi connectivity index (χ2n) is 6.10. The summed E-state index contributed by atoms with van der Waals surface area (Å²) >= 11 is 0. The van der Waals surface area contributed by atoms with Gasteiger partial charge in [-0.05, 0) is 36.0 Å². The van der Waals surface area contributed by atoms with Crippen molar-refractivity contribution in [3.63, 3.8) is 0 Å². The number of hydrogen-bond donors (Lipinski definition) is 2. The van der Waals surface area contributed by atoms with Gasteiger partial charge in [-0.15, -0.1) is 0 Å². The van der Waals surface area contributed by atoms with Gasteiger partial charge in [-0.1, -0.05) is 32.9 Å². The Hall–Kier alpha value is -1.06. The number of fused-ring (bicyclic) bond motifs is 1. The van der Waals surface area contributed by atoms with Crippen molar-refractivity contribution in [3.8, 4) is 5.75 Å². The summed E-state index contributed by atoms with van der Waals surface area (Å²) in [5.74, 6) is 1.62. The van der Waals surface area contributed by atoms with Gasteiger partial charge in [-0.25, -0.2) is 0 Å². The molecule has 1 aliphatic rings. The summed E-state index contributed by atoms with van der Waals surface area (Å²) in [4.78, 5) is 0. The first-order valence-electron chi connectivity index (χ1n) is 7.76. The zero-order chi connectivity index (χ0) is 14.5. The highest BCUT2D eigenvalue weighted by Crippen LogP contribution is 2.29. The number of nitrogens with one attached hydrogen (secondary N) is 1. The van der Waals surface area contributed by atoms with Crippen LogP contribution in [-0.2, 0) is 6.42 Å². The molecule has 2 N–H and O–H groups in total. The van der Waals surface area contributed by atoms with E-state index in [-0.39, 0.29) is 12.6 Å². The predicted octanol–water partition coefficient (Wildman–Crippen LogP) is 3.07. The third-order valence-electron chi connectivity index (χ3n) is 3.94. The molecule has 2 unspecified atom stereocenters. The fourth-order valence-corrected chi connectivity index (χ4v) is 2.92. The van der Waals surface area contributed by atoms with E-state index in [1.807, 2.05) is 0 Å². The Kier molecular flexibility index (Phi) is 5.44. The van der Waals surface area contributed by atoms with Crippen LogP contribution in [0.5, 0.6) is 5.75 Å². The van der Waals surface area contributed by atoms with Crippen molar-refractivity contribution in [2.75, 3.05) is 13.2 Å². The van der Waals surface area contributed by atoms with Crippen LogP contribution < -0.4 is 10.1 Å². The monoisotopic (exact) mass is 277 g/mol. The number of hydrogen-bond acceptors (Lipinski definition) is 3. The first-order chi connectivity index (χ1) is 9.63. The second kappa shape index (κ2) is 7.09. The molecule has 1 aromatic carbocycles. The molecule has 0 aromatic heterocycles. The standard InChI is InChI=1S/C17H27NO2/c1-4-16(18-15(11-19)9-12(2)3)13-5-6-17-14(10-13)7-8-20-17/h5-6,10,12,15-16,18-19H,4,7-9,11H2,1-3H3. The predicted molar refractivity (Wildman–Crippen MR) is 82.1 cm³/mol. The molecule has 1 heterocycles. The lowest BCUT2D eigenvalue weighted by molar-refractivity contribution is 0.211. The fourth-order valence-electron chi connectivity index (χ4n) is 2.92. The van der Waals surface area contributed by atoms with Crippen molar-refractivity contribution >= 4 is 0 Å². The summed E-state index contributed by atoms with van der Waals surface area (Å²) in [6.45, 7) is 7.57. The summed E-state index contributed by atoms with van der Waals surface area (Å²) in [7, 11) is 0. The second-order valence-corrected chi connectivity index (χ2v) is 6.10. The van der Waals surface area contributed by atoms with Crippen LogP contribution in [0.25, 0.3) is 0 Å². The molecule has 112 valence electrons. The molecule has 2 rings (SSSR count). The minimum absolute atomic E-state index is 0.171. The number of benzene rings is 1. The molecule has 0 fully saturated rings. The topological polar surface area (TPSA) is 41.5 Å². The van der Waals surface area contributed by atoms with E-state index >= 15 is 0 Å². The molecule has 20 heavy (non-hydrogen) atoms. The average Bonchev–Trinajstić information content (AvgIpc) is 2.90. The number of aliphatic hydroxyl groups is 1. The van der Waals surface area contributed by atoms with Crippen LogP contribution in [0.2, 0.25) is 0 Å². The largest absolute Gasteiger partial charge is 0.493 e. The van der Waals surface area contributed by atoms with Crippen LogP contribution in [0.3, 0.4) is 0 Å². The maximum absolute atomic E-state index is 9.54. The van der Waals surface area contributed by atoms with E-state index in [1.54, 1.807) is 0 Å². The molecule has 0 saturated heterocycles. The van der Waals surface area contributed by atoms with E-state index in [0.29, 0.717) is 12.0 Å². The highest BCUT2D eigenvalue weighted by molar-refractivity contribution is 5.40. The molecule has 1 aliphatic heterocycles. The molecule has 0 saturated carbocycles. The fraction of sp³-hybridized carbons (Fsp3) is 0.647. The Labute approximate surface area is 122 Å². The molecule has 3 nitrogen and oxygen atoms in total. The van der Waals surface area contributed by atoms with Crippen LogP contribution in [0.1, 0.15) is 50.8 Å². The molecule has 0 spiro atoms. The zero-order valence-corrected chi connectivity index (χ0v) is 12.9. The van der Waals surface area contributed by atoms with Crippen LogP contribution in [0.4, 0.5) is 0 Å². The smallest absolute Gasteiger partial charge is 0.122 e. The minimum Gasteiger partial charge on any atom is -0.493 e.